The van der Waals surface area contributed by atoms with Gasteiger partial charge in [0.25, 0.3) is 0 Å². The van der Waals surface area contributed by atoms with Crippen LogP contribution in [0.4, 0.5) is 0 Å². The maximum Gasteiger partial charge on any atom is 0.182 e. The summed E-state index contributed by atoms with van der Waals surface area (Å²) in [4.78, 5) is 11.4. The van der Waals surface area contributed by atoms with Crippen LogP contribution in [-0.4, -0.2) is 11.1 Å². The normalized spacial score (nSPS) is 18.9. The third kappa shape index (κ3) is 1.69. The Morgan fingerprint density at radius 2 is 1.75 bits per heavy atom. The number of nitrogens with zero attached hydrogens (tertiary/aromatic N) is 1. The molecule has 1 saturated carbocycles. The Labute approximate surface area is 96.3 Å². The lowest BCUT2D eigenvalue weighted by Gasteiger charge is -2.34. The fourth-order valence-electron chi connectivity index (χ4n) is 3.16. The first-order valence-corrected chi connectivity index (χ1v) is 6.00. The molecular weight excluding hydrogens is 200 g/mol. The van der Waals surface area contributed by atoms with Gasteiger partial charge in [-0.1, -0.05) is 12.8 Å². The molecule has 1 aliphatic carbocycles. The van der Waals surface area contributed by atoms with Crippen molar-refractivity contribution in [3.8, 4) is 0 Å². The van der Waals surface area contributed by atoms with Gasteiger partial charge in [0.05, 0.1) is 5.54 Å². The van der Waals surface area contributed by atoms with Crippen LogP contribution in [-0.2, 0) is 5.54 Å². The molecule has 3 heteroatoms. The monoisotopic (exact) mass is 220 g/mol. The van der Waals surface area contributed by atoms with Crippen LogP contribution < -0.4 is 11.2 Å². The van der Waals surface area contributed by atoms with Gasteiger partial charge in [0.1, 0.15) is 0 Å². The topological polar surface area (TPSA) is 48.0 Å². The predicted molar refractivity (Wildman–Crippen MR) is 65.7 cm³/mol. The molecule has 3 nitrogen and oxygen atoms in total. The van der Waals surface area contributed by atoms with E-state index in [1.54, 1.807) is 12.1 Å². The molecule has 1 aliphatic rings. The lowest BCUT2D eigenvalue weighted by Crippen LogP contribution is -2.41. The zero-order valence-electron chi connectivity index (χ0n) is 10.1. The second kappa shape index (κ2) is 4.06. The summed E-state index contributed by atoms with van der Waals surface area (Å²) in [5.74, 6) is 0. The number of nitrogens with two attached hydrogens (primary N) is 1. The number of hydrogen-bond donors (Lipinski definition) is 1. The first kappa shape index (κ1) is 11.4. The molecule has 0 spiro atoms. The summed E-state index contributed by atoms with van der Waals surface area (Å²) in [5.41, 5.74) is 8.21. The van der Waals surface area contributed by atoms with Crippen LogP contribution in [0.15, 0.2) is 16.9 Å². The third-order valence-corrected chi connectivity index (χ3v) is 3.80. The summed E-state index contributed by atoms with van der Waals surface area (Å²) < 4.78 is 2.28. The molecule has 0 aliphatic heterocycles. The highest BCUT2D eigenvalue weighted by molar-refractivity contribution is 5.17. The standard InChI is InChI=1S/C13H20N2O/c1-10-7-12(16)8-11(2)15(10)13(9-14)5-3-4-6-13/h7-8H,3-6,9,14H2,1-2H3. The second-order valence-corrected chi connectivity index (χ2v) is 4.94. The summed E-state index contributed by atoms with van der Waals surface area (Å²) in [6.45, 7) is 4.67. The van der Waals surface area contributed by atoms with E-state index in [-0.39, 0.29) is 11.0 Å². The highest BCUT2D eigenvalue weighted by Crippen LogP contribution is 2.37. The Bertz CT molecular complexity index is 415. The molecule has 1 heterocycles. The highest BCUT2D eigenvalue weighted by Gasteiger charge is 2.35. The number of pyridine rings is 1. The van der Waals surface area contributed by atoms with Crippen LogP contribution >= 0.6 is 0 Å². The largest absolute Gasteiger partial charge is 0.342 e. The van der Waals surface area contributed by atoms with Crippen LogP contribution in [0.25, 0.3) is 0 Å². The number of hydrogen-bond acceptors (Lipinski definition) is 2. The fraction of sp³-hybridized carbons (Fsp3) is 0.615. The molecule has 2 N–H and O–H groups in total. The van der Waals surface area contributed by atoms with Gasteiger partial charge >= 0.3 is 0 Å². The van der Waals surface area contributed by atoms with E-state index in [1.165, 1.54) is 12.8 Å². The zero-order valence-corrected chi connectivity index (χ0v) is 10.1. The first-order chi connectivity index (χ1) is 7.59. The number of aryl methyl sites for hydroxylation is 2. The maximum absolute atomic E-state index is 11.4. The van der Waals surface area contributed by atoms with Crippen LogP contribution in [0.5, 0.6) is 0 Å². The summed E-state index contributed by atoms with van der Waals surface area (Å²) in [6, 6.07) is 3.42. The smallest absolute Gasteiger partial charge is 0.182 e. The Morgan fingerprint density at radius 1 is 1.25 bits per heavy atom. The average Bonchev–Trinajstić information content (AvgIpc) is 2.66. The van der Waals surface area contributed by atoms with E-state index in [0.29, 0.717) is 6.54 Å². The molecule has 1 aromatic rings. The van der Waals surface area contributed by atoms with E-state index in [9.17, 15) is 4.79 Å². The van der Waals surface area contributed by atoms with Crippen LogP contribution in [0, 0.1) is 13.8 Å². The third-order valence-electron chi connectivity index (χ3n) is 3.80. The molecule has 1 aromatic heterocycles. The van der Waals surface area contributed by atoms with Crippen LogP contribution in [0.1, 0.15) is 37.1 Å². The van der Waals surface area contributed by atoms with E-state index in [1.807, 2.05) is 13.8 Å². The quantitative estimate of drug-likeness (QED) is 0.824. The minimum Gasteiger partial charge on any atom is -0.342 e. The molecule has 1 fully saturated rings. The van der Waals surface area contributed by atoms with Gasteiger partial charge in [0.15, 0.2) is 5.43 Å². The molecule has 0 atom stereocenters. The van der Waals surface area contributed by atoms with Gasteiger partial charge < -0.3 is 10.3 Å². The SMILES string of the molecule is Cc1cc(=O)cc(C)n1C1(CN)CCCC1. The number of aromatic nitrogens is 1. The van der Waals surface area contributed by atoms with Gasteiger partial charge in [-0.15, -0.1) is 0 Å². The van der Waals surface area contributed by atoms with E-state index < -0.39 is 0 Å². The van der Waals surface area contributed by atoms with E-state index in [0.717, 1.165) is 24.2 Å². The lowest BCUT2D eigenvalue weighted by molar-refractivity contribution is 0.290. The average molecular weight is 220 g/mol. The van der Waals surface area contributed by atoms with Crippen molar-refractivity contribution in [2.45, 2.75) is 45.1 Å². The maximum atomic E-state index is 11.4. The Kier molecular flexibility index (Phi) is 2.89. The summed E-state index contributed by atoms with van der Waals surface area (Å²) in [6.07, 6.45) is 4.74. The van der Waals surface area contributed by atoms with E-state index in [4.69, 9.17) is 5.73 Å². The van der Waals surface area contributed by atoms with Crippen LogP contribution in [0.3, 0.4) is 0 Å². The first-order valence-electron chi connectivity index (χ1n) is 6.00. The summed E-state index contributed by atoms with van der Waals surface area (Å²) in [5, 5.41) is 0. The molecule has 16 heavy (non-hydrogen) atoms. The lowest BCUT2D eigenvalue weighted by atomic mass is 9.95. The highest BCUT2D eigenvalue weighted by atomic mass is 16.1. The van der Waals surface area contributed by atoms with Gasteiger partial charge in [-0.2, -0.15) is 0 Å². The van der Waals surface area contributed by atoms with Crippen molar-refractivity contribution >= 4 is 0 Å². The predicted octanol–water partition coefficient (Wildman–Crippen LogP) is 1.69. The van der Waals surface area contributed by atoms with Crippen molar-refractivity contribution in [1.29, 1.82) is 0 Å². The Morgan fingerprint density at radius 3 is 2.19 bits per heavy atom. The van der Waals surface area contributed by atoms with Gasteiger partial charge in [0.2, 0.25) is 0 Å². The molecule has 0 radical (unpaired) electrons. The fourth-order valence-corrected chi connectivity index (χ4v) is 3.16. The van der Waals surface area contributed by atoms with Gasteiger partial charge in [-0.3, -0.25) is 4.79 Å². The van der Waals surface area contributed by atoms with Crippen molar-refractivity contribution < 1.29 is 0 Å². The Balaban J connectivity index is 2.58. The van der Waals surface area contributed by atoms with Crippen molar-refractivity contribution in [3.05, 3.63) is 33.7 Å². The minimum atomic E-state index is 0.0574. The van der Waals surface area contributed by atoms with Gasteiger partial charge in [-0.25, -0.2) is 0 Å². The molecular formula is C13H20N2O. The van der Waals surface area contributed by atoms with E-state index >= 15 is 0 Å². The van der Waals surface area contributed by atoms with Crippen molar-refractivity contribution in [3.63, 3.8) is 0 Å². The van der Waals surface area contributed by atoms with Crippen LogP contribution in [0.2, 0.25) is 0 Å². The molecule has 88 valence electrons. The van der Waals surface area contributed by atoms with Crippen molar-refractivity contribution in [1.82, 2.24) is 4.57 Å². The summed E-state index contributed by atoms with van der Waals surface area (Å²) >= 11 is 0. The molecule has 2 rings (SSSR count). The molecule has 0 unspecified atom stereocenters. The van der Waals surface area contributed by atoms with Crippen molar-refractivity contribution in [2.24, 2.45) is 5.73 Å². The van der Waals surface area contributed by atoms with Gasteiger partial charge in [-0.05, 0) is 26.7 Å². The molecule has 0 amide bonds. The number of rotatable bonds is 2. The van der Waals surface area contributed by atoms with Crippen molar-refractivity contribution in [2.75, 3.05) is 6.54 Å². The second-order valence-electron chi connectivity index (χ2n) is 4.94. The Hall–Kier alpha value is -1.09. The van der Waals surface area contributed by atoms with Gasteiger partial charge in [0, 0.05) is 30.1 Å². The zero-order chi connectivity index (χ0) is 11.8. The molecule has 0 aromatic carbocycles. The molecule has 0 bridgehead atoms. The summed E-state index contributed by atoms with van der Waals surface area (Å²) in [7, 11) is 0. The molecule has 0 saturated heterocycles. The minimum absolute atomic E-state index is 0.0574. The van der Waals surface area contributed by atoms with E-state index in [2.05, 4.69) is 4.57 Å².